The Hall–Kier alpha value is -2.97. The molecule has 2 amide bonds. The lowest BCUT2D eigenvalue weighted by Crippen LogP contribution is -2.52. The minimum atomic E-state index is -0.352. The van der Waals surface area contributed by atoms with Gasteiger partial charge in [-0.25, -0.2) is 9.37 Å². The Morgan fingerprint density at radius 1 is 1.28 bits per heavy atom. The molecule has 0 bridgehead atoms. The molecule has 2 atom stereocenters. The third-order valence-corrected chi connectivity index (χ3v) is 5.98. The summed E-state index contributed by atoms with van der Waals surface area (Å²) in [4.78, 5) is 32.9. The van der Waals surface area contributed by atoms with Crippen LogP contribution in [0.1, 0.15) is 25.0 Å². The maximum absolute atomic E-state index is 13.0. The minimum Gasteiger partial charge on any atom is -0.484 e. The first-order valence-corrected chi connectivity index (χ1v) is 9.68. The van der Waals surface area contributed by atoms with Crippen LogP contribution in [0.4, 0.5) is 4.39 Å². The second-order valence-electron chi connectivity index (χ2n) is 7.83. The molecule has 0 unspecified atom stereocenters. The van der Waals surface area contributed by atoms with Crippen LogP contribution in [0.2, 0.25) is 0 Å². The number of likely N-dealkylation sites (tertiary alicyclic amines) is 2. The number of nitrogens with zero attached hydrogens (tertiary/aromatic N) is 4. The molecule has 2 aliphatic rings. The predicted octanol–water partition coefficient (Wildman–Crippen LogP) is 1.28. The van der Waals surface area contributed by atoms with E-state index in [1.807, 2.05) is 11.8 Å². The van der Waals surface area contributed by atoms with Gasteiger partial charge in [-0.3, -0.25) is 14.7 Å². The third kappa shape index (κ3) is 3.68. The topological polar surface area (TPSA) is 91.4 Å². The van der Waals surface area contributed by atoms with Gasteiger partial charge in [0, 0.05) is 39.0 Å². The largest absolute Gasteiger partial charge is 0.484 e. The zero-order valence-corrected chi connectivity index (χ0v) is 16.5. The van der Waals surface area contributed by atoms with Gasteiger partial charge < -0.3 is 14.5 Å². The molecule has 154 valence electrons. The summed E-state index contributed by atoms with van der Waals surface area (Å²) in [6.07, 6.45) is 0.682. The van der Waals surface area contributed by atoms with E-state index in [0.717, 1.165) is 11.6 Å². The molecule has 3 heterocycles. The van der Waals surface area contributed by atoms with Crippen molar-refractivity contribution in [2.24, 2.45) is 5.92 Å². The van der Waals surface area contributed by atoms with E-state index in [2.05, 4.69) is 15.2 Å². The number of aryl methyl sites for hydroxylation is 1. The van der Waals surface area contributed by atoms with Gasteiger partial charge in [0.25, 0.3) is 5.91 Å². The van der Waals surface area contributed by atoms with Crippen LogP contribution in [0.25, 0.3) is 0 Å². The number of rotatable bonds is 4. The summed E-state index contributed by atoms with van der Waals surface area (Å²) in [7, 11) is 0. The number of aromatic amines is 1. The van der Waals surface area contributed by atoms with E-state index in [-0.39, 0.29) is 35.6 Å². The number of carbonyl (C=O) groups is 2. The second-order valence-corrected chi connectivity index (χ2v) is 7.83. The maximum Gasteiger partial charge on any atom is 0.260 e. The number of aromatic nitrogens is 3. The van der Waals surface area contributed by atoms with Gasteiger partial charge in [-0.2, -0.15) is 5.10 Å². The number of benzene rings is 1. The maximum atomic E-state index is 13.0. The summed E-state index contributed by atoms with van der Waals surface area (Å²) in [5.41, 5.74) is -0.342. The second kappa shape index (κ2) is 7.46. The number of halogens is 1. The lowest BCUT2D eigenvalue weighted by molar-refractivity contribution is -0.136. The third-order valence-electron chi connectivity index (χ3n) is 5.98. The fourth-order valence-corrected chi connectivity index (χ4v) is 4.35. The molecular formula is C20H24FN5O3. The van der Waals surface area contributed by atoms with Crippen molar-refractivity contribution in [2.75, 3.05) is 32.8 Å². The van der Waals surface area contributed by atoms with Gasteiger partial charge in [-0.1, -0.05) is 0 Å². The summed E-state index contributed by atoms with van der Waals surface area (Å²) in [6, 6.07) is 5.58. The van der Waals surface area contributed by atoms with E-state index in [9.17, 15) is 14.0 Å². The molecule has 8 nitrogen and oxygen atoms in total. The number of hydrogen-bond acceptors (Lipinski definition) is 5. The standard InChI is InChI=1S/C20H24FN5O3/c1-13-22-19(24-23-13)20-7-8-25(9-15(20)10-26(12-20)14(2)27)18(28)11-29-17-5-3-16(21)4-6-17/h3-6,15H,7-12H2,1-2H3,(H,22,23,24)/t15-,20-/m1/s1. The monoisotopic (exact) mass is 401 g/mol. The first-order chi connectivity index (χ1) is 13.9. The number of piperidine rings is 1. The molecule has 2 fully saturated rings. The van der Waals surface area contributed by atoms with Gasteiger partial charge in [0.1, 0.15) is 17.4 Å². The van der Waals surface area contributed by atoms with E-state index in [1.165, 1.54) is 24.3 Å². The van der Waals surface area contributed by atoms with Crippen LogP contribution in [0.3, 0.4) is 0 Å². The average Bonchev–Trinajstić information content (AvgIpc) is 3.31. The number of hydrogen-bond donors (Lipinski definition) is 1. The lowest BCUT2D eigenvalue weighted by Gasteiger charge is -2.41. The van der Waals surface area contributed by atoms with E-state index in [1.54, 1.807) is 11.8 Å². The van der Waals surface area contributed by atoms with Crippen LogP contribution in [0, 0.1) is 18.7 Å². The molecule has 0 aliphatic carbocycles. The summed E-state index contributed by atoms with van der Waals surface area (Å²) < 4.78 is 18.5. The zero-order valence-electron chi connectivity index (χ0n) is 16.5. The molecule has 1 aromatic carbocycles. The van der Waals surface area contributed by atoms with E-state index < -0.39 is 0 Å². The highest BCUT2D eigenvalue weighted by Crippen LogP contribution is 2.44. The molecule has 0 radical (unpaired) electrons. The number of amides is 2. The Morgan fingerprint density at radius 3 is 2.66 bits per heavy atom. The smallest absolute Gasteiger partial charge is 0.260 e. The Morgan fingerprint density at radius 2 is 2.00 bits per heavy atom. The van der Waals surface area contributed by atoms with Gasteiger partial charge in [-0.05, 0) is 37.6 Å². The SMILES string of the molecule is CC(=O)N1C[C@H]2CN(C(=O)COc3ccc(F)cc3)CC[C@@]2(c2n[nH]c(C)n2)C1. The minimum absolute atomic E-state index is 0.0172. The summed E-state index contributed by atoms with van der Waals surface area (Å²) in [6.45, 7) is 5.51. The Labute approximate surface area is 168 Å². The molecule has 2 aliphatic heterocycles. The molecule has 29 heavy (non-hydrogen) atoms. The molecule has 0 saturated carbocycles. The number of ether oxygens (including phenoxy) is 1. The van der Waals surface area contributed by atoms with Crippen LogP contribution >= 0.6 is 0 Å². The van der Waals surface area contributed by atoms with Crippen molar-refractivity contribution < 1.29 is 18.7 Å². The van der Waals surface area contributed by atoms with E-state index in [0.29, 0.717) is 38.3 Å². The summed E-state index contributed by atoms with van der Waals surface area (Å²) >= 11 is 0. The van der Waals surface area contributed by atoms with E-state index in [4.69, 9.17) is 4.74 Å². The van der Waals surface area contributed by atoms with Crippen LogP contribution < -0.4 is 4.74 Å². The van der Waals surface area contributed by atoms with Crippen LogP contribution in [0.5, 0.6) is 5.75 Å². The van der Waals surface area contributed by atoms with Gasteiger partial charge >= 0.3 is 0 Å². The Bertz CT molecular complexity index is 915. The number of H-pyrrole nitrogens is 1. The predicted molar refractivity (Wildman–Crippen MR) is 102 cm³/mol. The van der Waals surface area contributed by atoms with Crippen molar-refractivity contribution >= 4 is 11.8 Å². The van der Waals surface area contributed by atoms with Gasteiger partial charge in [-0.15, -0.1) is 0 Å². The quantitative estimate of drug-likeness (QED) is 0.833. The normalized spacial score (nSPS) is 23.8. The van der Waals surface area contributed by atoms with E-state index >= 15 is 0 Å². The number of carbonyl (C=O) groups excluding carboxylic acids is 2. The molecule has 2 aromatic rings. The Kier molecular flexibility index (Phi) is 4.97. The first kappa shape index (κ1) is 19.4. The Balaban J connectivity index is 1.46. The van der Waals surface area contributed by atoms with Crippen molar-refractivity contribution in [3.8, 4) is 5.75 Å². The van der Waals surface area contributed by atoms with Crippen molar-refractivity contribution in [3.05, 3.63) is 41.7 Å². The molecule has 0 spiro atoms. The van der Waals surface area contributed by atoms with Gasteiger partial charge in [0.15, 0.2) is 12.4 Å². The molecule has 2 saturated heterocycles. The lowest BCUT2D eigenvalue weighted by atomic mass is 9.72. The molecule has 4 rings (SSSR count). The zero-order chi connectivity index (χ0) is 20.6. The van der Waals surface area contributed by atoms with Crippen molar-refractivity contribution in [3.63, 3.8) is 0 Å². The van der Waals surface area contributed by atoms with Crippen molar-refractivity contribution in [1.29, 1.82) is 0 Å². The highest BCUT2D eigenvalue weighted by Gasteiger charge is 2.54. The van der Waals surface area contributed by atoms with Crippen molar-refractivity contribution in [2.45, 2.75) is 25.7 Å². The average molecular weight is 401 g/mol. The van der Waals surface area contributed by atoms with Crippen LogP contribution in [-0.4, -0.2) is 69.6 Å². The molecular weight excluding hydrogens is 377 g/mol. The fraction of sp³-hybridized carbons (Fsp3) is 0.500. The highest BCUT2D eigenvalue weighted by molar-refractivity contribution is 5.78. The summed E-state index contributed by atoms with van der Waals surface area (Å²) in [5, 5.41) is 7.29. The first-order valence-electron chi connectivity index (χ1n) is 9.68. The fourth-order valence-electron chi connectivity index (χ4n) is 4.35. The molecule has 1 aromatic heterocycles. The highest BCUT2D eigenvalue weighted by atomic mass is 19.1. The van der Waals surface area contributed by atoms with Gasteiger partial charge in [0.05, 0.1) is 5.41 Å². The van der Waals surface area contributed by atoms with Crippen LogP contribution in [-0.2, 0) is 15.0 Å². The van der Waals surface area contributed by atoms with Crippen LogP contribution in [0.15, 0.2) is 24.3 Å². The summed E-state index contributed by atoms with van der Waals surface area (Å²) in [5.74, 6) is 1.50. The van der Waals surface area contributed by atoms with Crippen molar-refractivity contribution in [1.82, 2.24) is 25.0 Å². The number of fused-ring (bicyclic) bond motifs is 1. The number of nitrogens with one attached hydrogen (secondary N) is 1. The molecule has 1 N–H and O–H groups in total. The molecule has 9 heteroatoms. The van der Waals surface area contributed by atoms with Gasteiger partial charge in [0.2, 0.25) is 5.91 Å².